The van der Waals surface area contributed by atoms with Gasteiger partial charge in [-0.05, 0) is 30.7 Å². The van der Waals surface area contributed by atoms with Gasteiger partial charge in [-0.25, -0.2) is 9.78 Å². The lowest BCUT2D eigenvalue weighted by atomic mass is 10.1. The van der Waals surface area contributed by atoms with Crippen molar-refractivity contribution in [2.75, 3.05) is 12.4 Å². The number of carboxylic acid groups (broad SMARTS) is 1. The fourth-order valence-electron chi connectivity index (χ4n) is 2.24. The molecule has 1 aromatic carbocycles. The first kappa shape index (κ1) is 20.4. The summed E-state index contributed by atoms with van der Waals surface area (Å²) in [7, 11) is 1.54. The summed E-state index contributed by atoms with van der Waals surface area (Å²) < 4.78 is 5.04. The number of anilines is 1. The number of nitrogens with one attached hydrogen (secondary N) is 2. The van der Waals surface area contributed by atoms with E-state index in [1.54, 1.807) is 24.3 Å². The third kappa shape index (κ3) is 5.78. The zero-order valence-electron chi connectivity index (χ0n) is 15.0. The third-order valence-electron chi connectivity index (χ3n) is 3.76. The Kier molecular flexibility index (Phi) is 7.30. The van der Waals surface area contributed by atoms with E-state index < -0.39 is 17.9 Å². The largest absolute Gasteiger partial charge is 0.497 e. The number of unbranched alkanes of at least 4 members (excludes halogenated alkanes) is 1. The van der Waals surface area contributed by atoms with Crippen molar-refractivity contribution in [2.45, 2.75) is 32.2 Å². The minimum Gasteiger partial charge on any atom is -0.497 e. The molecule has 8 nitrogen and oxygen atoms in total. The Hall–Kier alpha value is -2.94. The van der Waals surface area contributed by atoms with E-state index in [1.807, 2.05) is 6.92 Å². The monoisotopic (exact) mass is 391 g/mol. The van der Waals surface area contributed by atoms with E-state index in [2.05, 4.69) is 15.6 Å². The summed E-state index contributed by atoms with van der Waals surface area (Å²) >= 11 is 1.09. The van der Waals surface area contributed by atoms with Gasteiger partial charge in [-0.3, -0.25) is 14.9 Å². The van der Waals surface area contributed by atoms with Gasteiger partial charge in [0.25, 0.3) is 11.8 Å². The maximum atomic E-state index is 12.2. The summed E-state index contributed by atoms with van der Waals surface area (Å²) in [6.45, 7) is 1.94. The molecule has 0 fully saturated rings. The number of rotatable bonds is 9. The van der Waals surface area contributed by atoms with Gasteiger partial charge >= 0.3 is 5.97 Å². The van der Waals surface area contributed by atoms with Crippen molar-refractivity contribution in [1.29, 1.82) is 0 Å². The Morgan fingerprint density at radius 2 is 1.93 bits per heavy atom. The van der Waals surface area contributed by atoms with Gasteiger partial charge in [0, 0.05) is 10.9 Å². The number of carboxylic acids is 1. The summed E-state index contributed by atoms with van der Waals surface area (Å²) in [6.07, 6.45) is 1.87. The molecule has 0 saturated heterocycles. The first-order valence-corrected chi connectivity index (χ1v) is 9.27. The van der Waals surface area contributed by atoms with E-state index in [9.17, 15) is 19.5 Å². The summed E-state index contributed by atoms with van der Waals surface area (Å²) in [5.41, 5.74) is 0.482. The van der Waals surface area contributed by atoms with Crippen LogP contribution in [0.5, 0.6) is 5.75 Å². The summed E-state index contributed by atoms with van der Waals surface area (Å²) in [4.78, 5) is 39.7. The fraction of sp³-hybridized carbons (Fsp3) is 0.333. The average Bonchev–Trinajstić information content (AvgIpc) is 3.13. The highest BCUT2D eigenvalue weighted by Crippen LogP contribution is 2.18. The molecule has 0 saturated carbocycles. The smallest absolute Gasteiger partial charge is 0.326 e. The maximum absolute atomic E-state index is 12.2. The molecule has 144 valence electrons. The molecule has 2 rings (SSSR count). The van der Waals surface area contributed by atoms with E-state index in [4.69, 9.17) is 4.74 Å². The molecular formula is C18H21N3O5S. The normalized spacial score (nSPS) is 11.5. The van der Waals surface area contributed by atoms with Crippen LogP contribution in [0.25, 0.3) is 0 Å². The molecule has 1 atom stereocenters. The van der Waals surface area contributed by atoms with Gasteiger partial charge in [0.05, 0.1) is 7.11 Å². The number of methoxy groups -OCH3 is 1. The quantitative estimate of drug-likeness (QED) is 0.605. The molecule has 1 heterocycles. The lowest BCUT2D eigenvalue weighted by molar-refractivity contribution is -0.139. The lowest BCUT2D eigenvalue weighted by Crippen LogP contribution is -2.40. The maximum Gasteiger partial charge on any atom is 0.326 e. The number of ether oxygens (including phenoxy) is 1. The molecule has 3 N–H and O–H groups in total. The third-order valence-corrected chi connectivity index (χ3v) is 4.52. The van der Waals surface area contributed by atoms with Crippen molar-refractivity contribution in [3.63, 3.8) is 0 Å². The zero-order chi connectivity index (χ0) is 19.8. The van der Waals surface area contributed by atoms with Gasteiger partial charge in [-0.1, -0.05) is 19.8 Å². The number of thiazole rings is 1. The average molecular weight is 391 g/mol. The molecule has 2 amide bonds. The number of hydrogen-bond donors (Lipinski definition) is 3. The second kappa shape index (κ2) is 9.67. The highest BCUT2D eigenvalue weighted by atomic mass is 32.1. The van der Waals surface area contributed by atoms with Crippen molar-refractivity contribution >= 4 is 34.3 Å². The molecule has 2 aromatic rings. The molecule has 0 radical (unpaired) electrons. The van der Waals surface area contributed by atoms with Crippen LogP contribution >= 0.6 is 11.3 Å². The number of hydrogen-bond acceptors (Lipinski definition) is 6. The van der Waals surface area contributed by atoms with Gasteiger partial charge in [0.2, 0.25) is 0 Å². The van der Waals surface area contributed by atoms with E-state index in [1.165, 1.54) is 12.5 Å². The van der Waals surface area contributed by atoms with Crippen LogP contribution in [0.2, 0.25) is 0 Å². The Morgan fingerprint density at radius 3 is 2.52 bits per heavy atom. The zero-order valence-corrected chi connectivity index (χ0v) is 15.8. The van der Waals surface area contributed by atoms with Crippen LogP contribution < -0.4 is 15.4 Å². The summed E-state index contributed by atoms with van der Waals surface area (Å²) in [6, 6.07) is 5.59. The van der Waals surface area contributed by atoms with Crippen LogP contribution in [0.15, 0.2) is 29.6 Å². The lowest BCUT2D eigenvalue weighted by Gasteiger charge is -2.12. The molecule has 0 aliphatic heterocycles. The van der Waals surface area contributed by atoms with Crippen LogP contribution in [0.4, 0.5) is 5.13 Å². The van der Waals surface area contributed by atoms with E-state index in [0.29, 0.717) is 24.2 Å². The number of benzene rings is 1. The first-order chi connectivity index (χ1) is 12.9. The minimum atomic E-state index is -1.08. The molecule has 9 heteroatoms. The van der Waals surface area contributed by atoms with Gasteiger partial charge in [-0.15, -0.1) is 11.3 Å². The molecular weight excluding hydrogens is 370 g/mol. The SMILES string of the molecule is CCCCC(NC(=O)c1csc(NC(=O)c2ccc(OC)cc2)n1)C(=O)O. The Balaban J connectivity index is 1.99. The standard InChI is InChI=1S/C18H21N3O5S/c1-3-4-5-13(17(24)25)19-16(23)14-10-27-18(20-14)21-15(22)11-6-8-12(26-2)9-7-11/h6-10,13H,3-5H2,1-2H3,(H,19,23)(H,24,25)(H,20,21,22). The molecule has 0 aliphatic carbocycles. The number of amides is 2. The second-order valence-corrected chi connectivity index (χ2v) is 6.59. The topological polar surface area (TPSA) is 118 Å². The molecule has 0 spiro atoms. The predicted octanol–water partition coefficient (Wildman–Crippen LogP) is 2.78. The van der Waals surface area contributed by atoms with Gasteiger partial charge in [0.1, 0.15) is 17.5 Å². The highest BCUT2D eigenvalue weighted by Gasteiger charge is 2.21. The van der Waals surface area contributed by atoms with Crippen LogP contribution in [0.3, 0.4) is 0 Å². The van der Waals surface area contributed by atoms with Crippen molar-refractivity contribution in [2.24, 2.45) is 0 Å². The number of carbonyl (C=O) groups is 3. The van der Waals surface area contributed by atoms with Crippen molar-refractivity contribution in [1.82, 2.24) is 10.3 Å². The van der Waals surface area contributed by atoms with Crippen molar-refractivity contribution in [3.05, 3.63) is 40.9 Å². The highest BCUT2D eigenvalue weighted by molar-refractivity contribution is 7.14. The van der Waals surface area contributed by atoms with Crippen LogP contribution in [-0.2, 0) is 4.79 Å². The number of aromatic nitrogens is 1. The van der Waals surface area contributed by atoms with Crippen LogP contribution in [-0.4, -0.2) is 41.0 Å². The first-order valence-electron chi connectivity index (χ1n) is 8.39. The molecule has 27 heavy (non-hydrogen) atoms. The molecule has 1 unspecified atom stereocenters. The van der Waals surface area contributed by atoms with Crippen LogP contribution in [0.1, 0.15) is 47.0 Å². The summed E-state index contributed by atoms with van der Waals surface area (Å²) in [5.74, 6) is -1.40. The second-order valence-electron chi connectivity index (χ2n) is 5.73. The number of aliphatic carboxylic acids is 1. The van der Waals surface area contributed by atoms with E-state index in [-0.39, 0.29) is 16.7 Å². The van der Waals surface area contributed by atoms with Gasteiger partial charge in [0.15, 0.2) is 5.13 Å². The fourth-order valence-corrected chi connectivity index (χ4v) is 2.93. The van der Waals surface area contributed by atoms with Crippen LogP contribution in [0, 0.1) is 0 Å². The Morgan fingerprint density at radius 1 is 1.22 bits per heavy atom. The molecule has 0 bridgehead atoms. The van der Waals surface area contributed by atoms with Crippen molar-refractivity contribution < 1.29 is 24.2 Å². The van der Waals surface area contributed by atoms with E-state index in [0.717, 1.165) is 17.8 Å². The van der Waals surface area contributed by atoms with E-state index >= 15 is 0 Å². The van der Waals surface area contributed by atoms with Gasteiger partial charge < -0.3 is 15.2 Å². The Bertz CT molecular complexity index is 804. The predicted molar refractivity (Wildman–Crippen MR) is 101 cm³/mol. The van der Waals surface area contributed by atoms with Crippen molar-refractivity contribution in [3.8, 4) is 5.75 Å². The number of nitrogens with zero attached hydrogens (tertiary/aromatic N) is 1. The Labute approximate surface area is 160 Å². The summed E-state index contributed by atoms with van der Waals surface area (Å²) in [5, 5.41) is 16.0. The molecule has 1 aromatic heterocycles. The minimum absolute atomic E-state index is 0.0628. The van der Waals surface area contributed by atoms with Gasteiger partial charge in [-0.2, -0.15) is 0 Å². The molecule has 0 aliphatic rings. The number of carbonyl (C=O) groups excluding carboxylic acids is 2.